The summed E-state index contributed by atoms with van der Waals surface area (Å²) in [6, 6.07) is 0.791. The van der Waals surface area contributed by atoms with Crippen LogP contribution in [0.15, 0.2) is 5.16 Å². The van der Waals surface area contributed by atoms with E-state index in [0.717, 1.165) is 38.1 Å². The molecule has 2 unspecified atom stereocenters. The van der Waals surface area contributed by atoms with E-state index in [1.807, 2.05) is 0 Å². The Labute approximate surface area is 110 Å². The van der Waals surface area contributed by atoms with E-state index in [1.54, 1.807) is 0 Å². The van der Waals surface area contributed by atoms with Crippen molar-refractivity contribution in [3.8, 4) is 0 Å². The molecule has 1 aliphatic carbocycles. The lowest BCUT2D eigenvalue weighted by Gasteiger charge is -2.41. The third kappa shape index (κ3) is 3.59. The van der Waals surface area contributed by atoms with Gasteiger partial charge in [-0.3, -0.25) is 9.80 Å². The first-order valence-corrected chi connectivity index (χ1v) is 7.12. The molecule has 0 aromatic rings. The molecule has 0 spiro atoms. The van der Waals surface area contributed by atoms with Gasteiger partial charge in [-0.25, -0.2) is 0 Å². The van der Waals surface area contributed by atoms with Crippen LogP contribution in [-0.2, 0) is 0 Å². The Morgan fingerprint density at radius 1 is 1.28 bits per heavy atom. The number of rotatable bonds is 3. The highest BCUT2D eigenvalue weighted by atomic mass is 16.4. The summed E-state index contributed by atoms with van der Waals surface area (Å²) in [5, 5.41) is 11.6. The molecule has 2 rings (SSSR count). The smallest absolute Gasteiger partial charge is 0.153 e. The number of piperazine rings is 1. The van der Waals surface area contributed by atoms with E-state index in [1.165, 1.54) is 25.7 Å². The first-order chi connectivity index (χ1) is 8.69. The molecule has 1 heterocycles. The second kappa shape index (κ2) is 6.38. The largest absolute Gasteiger partial charge is 0.409 e. The predicted octanol–water partition coefficient (Wildman–Crippen LogP) is 0.929. The lowest BCUT2D eigenvalue weighted by atomic mass is 9.86. The second-order valence-corrected chi connectivity index (χ2v) is 5.83. The Morgan fingerprint density at radius 2 is 2.00 bits per heavy atom. The zero-order chi connectivity index (χ0) is 13.0. The highest BCUT2D eigenvalue weighted by Crippen LogP contribution is 2.27. The van der Waals surface area contributed by atoms with Crippen molar-refractivity contribution in [2.75, 3.05) is 32.7 Å². The minimum absolute atomic E-state index is 0.315. The van der Waals surface area contributed by atoms with Gasteiger partial charge in [0.05, 0.1) is 6.54 Å². The van der Waals surface area contributed by atoms with Gasteiger partial charge in [-0.15, -0.1) is 0 Å². The van der Waals surface area contributed by atoms with Gasteiger partial charge in [-0.2, -0.15) is 0 Å². The van der Waals surface area contributed by atoms with Crippen molar-refractivity contribution in [1.29, 1.82) is 0 Å². The topological polar surface area (TPSA) is 65.1 Å². The summed E-state index contributed by atoms with van der Waals surface area (Å²) in [7, 11) is 0. The molecule has 0 bridgehead atoms. The van der Waals surface area contributed by atoms with E-state index in [4.69, 9.17) is 10.9 Å². The highest BCUT2D eigenvalue weighted by Gasteiger charge is 2.27. The van der Waals surface area contributed by atoms with E-state index in [9.17, 15) is 0 Å². The normalized spacial score (nSPS) is 32.6. The molecule has 0 amide bonds. The molecular formula is C13H26N4O. The van der Waals surface area contributed by atoms with Crippen LogP contribution in [0.4, 0.5) is 0 Å². The Hall–Kier alpha value is -0.810. The zero-order valence-corrected chi connectivity index (χ0v) is 11.4. The molecule has 0 radical (unpaired) electrons. The summed E-state index contributed by atoms with van der Waals surface area (Å²) >= 11 is 0. The maximum Gasteiger partial charge on any atom is 0.153 e. The third-order valence-electron chi connectivity index (χ3n) is 4.35. The monoisotopic (exact) mass is 254 g/mol. The minimum atomic E-state index is 0.315. The number of hydrogen-bond donors (Lipinski definition) is 2. The fourth-order valence-corrected chi connectivity index (χ4v) is 3.28. The van der Waals surface area contributed by atoms with Crippen molar-refractivity contribution in [2.45, 2.75) is 38.6 Å². The van der Waals surface area contributed by atoms with E-state index in [0.29, 0.717) is 12.4 Å². The predicted molar refractivity (Wildman–Crippen MR) is 72.8 cm³/mol. The molecule has 0 aromatic carbocycles. The van der Waals surface area contributed by atoms with Gasteiger partial charge in [-0.1, -0.05) is 24.9 Å². The molecule has 2 fully saturated rings. The van der Waals surface area contributed by atoms with Gasteiger partial charge in [0, 0.05) is 32.2 Å². The van der Waals surface area contributed by atoms with Crippen LogP contribution in [0.5, 0.6) is 0 Å². The Bertz CT molecular complexity index is 287. The molecule has 1 aliphatic heterocycles. The van der Waals surface area contributed by atoms with Crippen molar-refractivity contribution in [3.05, 3.63) is 0 Å². The second-order valence-electron chi connectivity index (χ2n) is 5.83. The fourth-order valence-electron chi connectivity index (χ4n) is 3.28. The molecular weight excluding hydrogens is 228 g/mol. The highest BCUT2D eigenvalue weighted by molar-refractivity contribution is 5.81. The summed E-state index contributed by atoms with van der Waals surface area (Å²) in [5.41, 5.74) is 5.54. The van der Waals surface area contributed by atoms with E-state index >= 15 is 0 Å². The molecule has 104 valence electrons. The van der Waals surface area contributed by atoms with Gasteiger partial charge in [0.25, 0.3) is 0 Å². The van der Waals surface area contributed by atoms with Gasteiger partial charge in [-0.05, 0) is 18.8 Å². The van der Waals surface area contributed by atoms with Crippen LogP contribution in [0.25, 0.3) is 0 Å². The maximum absolute atomic E-state index is 8.58. The van der Waals surface area contributed by atoms with Crippen LogP contribution in [0.2, 0.25) is 0 Å². The lowest BCUT2D eigenvalue weighted by Crippen LogP contribution is -2.52. The summed E-state index contributed by atoms with van der Waals surface area (Å²) in [4.78, 5) is 4.90. The van der Waals surface area contributed by atoms with Crippen molar-refractivity contribution in [1.82, 2.24) is 9.80 Å². The Balaban J connectivity index is 1.76. The van der Waals surface area contributed by atoms with E-state index in [2.05, 4.69) is 21.9 Å². The summed E-state index contributed by atoms with van der Waals surface area (Å²) in [5.74, 6) is 1.20. The van der Waals surface area contributed by atoms with Gasteiger partial charge in [0.2, 0.25) is 0 Å². The fraction of sp³-hybridized carbons (Fsp3) is 0.923. The van der Waals surface area contributed by atoms with Crippen molar-refractivity contribution < 1.29 is 5.21 Å². The number of oxime groups is 1. The quantitative estimate of drug-likeness (QED) is 0.340. The zero-order valence-electron chi connectivity index (χ0n) is 11.4. The third-order valence-corrected chi connectivity index (χ3v) is 4.35. The summed E-state index contributed by atoms with van der Waals surface area (Å²) < 4.78 is 0. The van der Waals surface area contributed by atoms with Gasteiger partial charge in [0.1, 0.15) is 0 Å². The maximum atomic E-state index is 8.58. The standard InChI is InChI=1S/C13H26N4O/c1-11-3-2-4-12(9-11)17-7-5-16(6-8-17)10-13(14)15-18/h11-12,18H,2-10H2,1H3,(H2,14,15). The average Bonchev–Trinajstić information content (AvgIpc) is 2.39. The van der Waals surface area contributed by atoms with Crippen LogP contribution in [-0.4, -0.2) is 59.6 Å². The average molecular weight is 254 g/mol. The molecule has 1 saturated heterocycles. The molecule has 2 aliphatic rings. The number of nitrogens with two attached hydrogens (primary N) is 1. The molecule has 2 atom stereocenters. The molecule has 3 N–H and O–H groups in total. The van der Waals surface area contributed by atoms with Crippen molar-refractivity contribution >= 4 is 5.84 Å². The molecule has 1 saturated carbocycles. The van der Waals surface area contributed by atoms with Crippen molar-refractivity contribution in [2.24, 2.45) is 16.8 Å². The van der Waals surface area contributed by atoms with Crippen LogP contribution in [0.3, 0.4) is 0 Å². The number of hydrogen-bond acceptors (Lipinski definition) is 4. The van der Waals surface area contributed by atoms with E-state index in [-0.39, 0.29) is 0 Å². The Morgan fingerprint density at radius 3 is 2.61 bits per heavy atom. The first-order valence-electron chi connectivity index (χ1n) is 7.12. The van der Waals surface area contributed by atoms with Gasteiger partial charge >= 0.3 is 0 Å². The Kier molecular flexibility index (Phi) is 4.83. The molecule has 5 heteroatoms. The van der Waals surface area contributed by atoms with Crippen LogP contribution >= 0.6 is 0 Å². The minimum Gasteiger partial charge on any atom is -0.409 e. The van der Waals surface area contributed by atoms with Crippen molar-refractivity contribution in [3.63, 3.8) is 0 Å². The number of nitrogens with zero attached hydrogens (tertiary/aromatic N) is 3. The molecule has 5 nitrogen and oxygen atoms in total. The lowest BCUT2D eigenvalue weighted by molar-refractivity contribution is 0.0751. The molecule has 18 heavy (non-hydrogen) atoms. The summed E-state index contributed by atoms with van der Waals surface area (Å²) in [6.07, 6.45) is 5.51. The van der Waals surface area contributed by atoms with E-state index < -0.39 is 0 Å². The van der Waals surface area contributed by atoms with Crippen LogP contribution in [0.1, 0.15) is 32.6 Å². The first kappa shape index (κ1) is 13.6. The summed E-state index contributed by atoms with van der Waals surface area (Å²) in [6.45, 7) is 7.26. The number of amidine groups is 1. The molecule has 0 aromatic heterocycles. The van der Waals surface area contributed by atoms with Crippen LogP contribution < -0.4 is 5.73 Å². The van der Waals surface area contributed by atoms with Gasteiger partial charge in [0.15, 0.2) is 5.84 Å². The SMILES string of the molecule is CC1CCCC(N2CCN(CC(N)=NO)CC2)C1. The van der Waals surface area contributed by atoms with Crippen LogP contribution in [0, 0.1) is 5.92 Å². The van der Waals surface area contributed by atoms with Gasteiger partial charge < -0.3 is 10.9 Å².